The summed E-state index contributed by atoms with van der Waals surface area (Å²) in [7, 11) is 4.24. The molecule has 4 nitrogen and oxygen atoms in total. The number of hydrogen-bond acceptors (Lipinski definition) is 4. The van der Waals surface area contributed by atoms with Gasteiger partial charge in [0, 0.05) is 23.5 Å². The van der Waals surface area contributed by atoms with Gasteiger partial charge in [0.2, 0.25) is 0 Å². The highest BCUT2D eigenvalue weighted by atomic mass is 15.2. The first-order valence-electron chi connectivity index (χ1n) is 5.85. The minimum absolute atomic E-state index is 0.00574. The molecule has 1 aromatic rings. The molecule has 1 saturated carbocycles. The van der Waals surface area contributed by atoms with Crippen LogP contribution in [0.3, 0.4) is 0 Å². The lowest BCUT2D eigenvalue weighted by atomic mass is 9.84. The number of rotatable bonds is 3. The molecule has 1 aromatic heterocycles. The van der Waals surface area contributed by atoms with E-state index in [-0.39, 0.29) is 11.6 Å². The summed E-state index contributed by atoms with van der Waals surface area (Å²) in [5.74, 6) is 0. The van der Waals surface area contributed by atoms with Crippen molar-refractivity contribution in [2.45, 2.75) is 37.3 Å². The molecule has 0 aromatic carbocycles. The monoisotopic (exact) mass is 220 g/mol. The molecule has 0 bridgehead atoms. The number of hydrogen-bond donors (Lipinski definition) is 1. The summed E-state index contributed by atoms with van der Waals surface area (Å²) < 4.78 is 0. The number of nitrogens with zero attached hydrogens (tertiary/aromatic N) is 3. The van der Waals surface area contributed by atoms with Gasteiger partial charge in [-0.2, -0.15) is 0 Å². The molecule has 0 amide bonds. The van der Waals surface area contributed by atoms with Crippen molar-refractivity contribution >= 4 is 0 Å². The lowest BCUT2D eigenvalue weighted by Gasteiger charge is -2.41. The molecule has 1 heterocycles. The fraction of sp³-hybridized carbons (Fsp3) is 0.667. The van der Waals surface area contributed by atoms with E-state index in [9.17, 15) is 0 Å². The van der Waals surface area contributed by atoms with Gasteiger partial charge < -0.3 is 10.6 Å². The van der Waals surface area contributed by atoms with Crippen LogP contribution >= 0.6 is 0 Å². The molecule has 1 unspecified atom stereocenters. The number of likely N-dealkylation sites (N-methyl/N-ethyl adjacent to an activating group) is 1. The second-order valence-electron chi connectivity index (χ2n) is 4.85. The van der Waals surface area contributed by atoms with Crippen molar-refractivity contribution in [1.82, 2.24) is 14.9 Å². The van der Waals surface area contributed by atoms with Crippen LogP contribution in [0.2, 0.25) is 0 Å². The summed E-state index contributed by atoms with van der Waals surface area (Å²) in [4.78, 5) is 10.4. The molecular formula is C12H20N4. The van der Waals surface area contributed by atoms with E-state index in [1.807, 2.05) is 12.4 Å². The SMILES string of the molecule is CN(C)C1(C(N)c2cncnc2)CCCC1. The predicted molar refractivity (Wildman–Crippen MR) is 63.8 cm³/mol. The van der Waals surface area contributed by atoms with Crippen molar-refractivity contribution in [3.8, 4) is 0 Å². The molecule has 1 aliphatic carbocycles. The lowest BCUT2D eigenvalue weighted by molar-refractivity contribution is 0.123. The van der Waals surface area contributed by atoms with Gasteiger partial charge in [0.1, 0.15) is 6.33 Å². The Labute approximate surface area is 96.9 Å². The van der Waals surface area contributed by atoms with Crippen LogP contribution in [0.15, 0.2) is 18.7 Å². The van der Waals surface area contributed by atoms with Gasteiger partial charge in [0.15, 0.2) is 0 Å². The maximum Gasteiger partial charge on any atom is 0.115 e. The average Bonchev–Trinajstić information content (AvgIpc) is 2.79. The maximum absolute atomic E-state index is 6.41. The van der Waals surface area contributed by atoms with Crippen LogP contribution in [0.25, 0.3) is 0 Å². The molecule has 2 rings (SSSR count). The summed E-state index contributed by atoms with van der Waals surface area (Å²) >= 11 is 0. The van der Waals surface area contributed by atoms with Crippen LogP contribution in [0.4, 0.5) is 0 Å². The summed E-state index contributed by atoms with van der Waals surface area (Å²) in [6.45, 7) is 0. The highest BCUT2D eigenvalue weighted by molar-refractivity contribution is 5.17. The smallest absolute Gasteiger partial charge is 0.115 e. The Hall–Kier alpha value is -1.00. The molecule has 88 valence electrons. The quantitative estimate of drug-likeness (QED) is 0.835. The van der Waals surface area contributed by atoms with Gasteiger partial charge in [-0.1, -0.05) is 12.8 Å². The van der Waals surface area contributed by atoms with Crippen LogP contribution in [0.5, 0.6) is 0 Å². The molecular weight excluding hydrogens is 200 g/mol. The first-order chi connectivity index (χ1) is 7.67. The Morgan fingerprint density at radius 2 is 1.81 bits per heavy atom. The standard InChI is InChI=1S/C12H20N4/c1-16(2)12(5-3-4-6-12)11(13)10-7-14-9-15-8-10/h7-9,11H,3-6,13H2,1-2H3. The molecule has 16 heavy (non-hydrogen) atoms. The maximum atomic E-state index is 6.41. The van der Waals surface area contributed by atoms with Crippen LogP contribution in [-0.4, -0.2) is 34.5 Å². The van der Waals surface area contributed by atoms with Crippen molar-refractivity contribution in [1.29, 1.82) is 0 Å². The topological polar surface area (TPSA) is 55.0 Å². The summed E-state index contributed by atoms with van der Waals surface area (Å²) in [6, 6.07) is 0.00574. The lowest BCUT2D eigenvalue weighted by Crippen LogP contribution is -2.50. The number of nitrogens with two attached hydrogens (primary N) is 1. The zero-order chi connectivity index (χ0) is 11.6. The highest BCUT2D eigenvalue weighted by Crippen LogP contribution is 2.41. The fourth-order valence-electron chi connectivity index (χ4n) is 2.81. The van der Waals surface area contributed by atoms with Gasteiger partial charge in [-0.25, -0.2) is 9.97 Å². The van der Waals surface area contributed by atoms with E-state index < -0.39 is 0 Å². The second-order valence-corrected chi connectivity index (χ2v) is 4.85. The molecule has 0 radical (unpaired) electrons. The minimum Gasteiger partial charge on any atom is -0.322 e. The fourth-order valence-corrected chi connectivity index (χ4v) is 2.81. The third-order valence-corrected chi connectivity index (χ3v) is 3.88. The minimum atomic E-state index is 0.00574. The highest BCUT2D eigenvalue weighted by Gasteiger charge is 2.42. The zero-order valence-corrected chi connectivity index (χ0v) is 10.1. The molecule has 1 fully saturated rings. The van der Waals surface area contributed by atoms with Crippen LogP contribution < -0.4 is 5.73 Å². The van der Waals surface area contributed by atoms with E-state index in [1.165, 1.54) is 12.8 Å². The van der Waals surface area contributed by atoms with E-state index in [0.29, 0.717) is 0 Å². The first kappa shape index (κ1) is 11.5. The molecule has 4 heteroatoms. The summed E-state index contributed by atoms with van der Waals surface area (Å²) in [5.41, 5.74) is 7.54. The first-order valence-corrected chi connectivity index (χ1v) is 5.85. The normalized spacial score (nSPS) is 21.2. The van der Waals surface area contributed by atoms with Gasteiger partial charge in [0.25, 0.3) is 0 Å². The van der Waals surface area contributed by atoms with Gasteiger partial charge in [-0.3, -0.25) is 0 Å². The summed E-state index contributed by atoms with van der Waals surface area (Å²) in [5, 5.41) is 0. The zero-order valence-electron chi connectivity index (χ0n) is 10.1. The van der Waals surface area contributed by atoms with E-state index in [0.717, 1.165) is 18.4 Å². The Morgan fingerprint density at radius 1 is 1.25 bits per heavy atom. The second kappa shape index (κ2) is 4.47. The van der Waals surface area contributed by atoms with Gasteiger partial charge in [0.05, 0.1) is 6.04 Å². The van der Waals surface area contributed by atoms with Crippen LogP contribution in [0, 0.1) is 0 Å². The van der Waals surface area contributed by atoms with Crippen molar-refractivity contribution in [3.05, 3.63) is 24.3 Å². The Kier molecular flexibility index (Phi) is 3.21. The van der Waals surface area contributed by atoms with Crippen LogP contribution in [0.1, 0.15) is 37.3 Å². The molecule has 0 spiro atoms. The van der Waals surface area contributed by atoms with E-state index in [2.05, 4.69) is 29.0 Å². The van der Waals surface area contributed by atoms with Crippen molar-refractivity contribution in [3.63, 3.8) is 0 Å². The predicted octanol–water partition coefficient (Wildman–Crippen LogP) is 1.35. The van der Waals surface area contributed by atoms with Gasteiger partial charge >= 0.3 is 0 Å². The van der Waals surface area contributed by atoms with Gasteiger partial charge in [-0.05, 0) is 26.9 Å². The van der Waals surface area contributed by atoms with Crippen molar-refractivity contribution < 1.29 is 0 Å². The van der Waals surface area contributed by atoms with Crippen molar-refractivity contribution in [2.75, 3.05) is 14.1 Å². The van der Waals surface area contributed by atoms with E-state index >= 15 is 0 Å². The number of aromatic nitrogens is 2. The third kappa shape index (κ3) is 1.83. The Morgan fingerprint density at radius 3 is 2.31 bits per heavy atom. The van der Waals surface area contributed by atoms with Gasteiger partial charge in [-0.15, -0.1) is 0 Å². The summed E-state index contributed by atoms with van der Waals surface area (Å²) in [6.07, 6.45) is 10.1. The van der Waals surface area contributed by atoms with E-state index in [4.69, 9.17) is 5.73 Å². The Bertz CT molecular complexity index is 330. The molecule has 0 saturated heterocycles. The van der Waals surface area contributed by atoms with E-state index in [1.54, 1.807) is 6.33 Å². The van der Waals surface area contributed by atoms with Crippen molar-refractivity contribution in [2.24, 2.45) is 5.73 Å². The molecule has 1 aliphatic rings. The average molecular weight is 220 g/mol. The Balaban J connectivity index is 2.28. The third-order valence-electron chi connectivity index (χ3n) is 3.88. The largest absolute Gasteiger partial charge is 0.322 e. The molecule has 0 aliphatic heterocycles. The molecule has 2 N–H and O–H groups in total. The molecule has 1 atom stereocenters. The van der Waals surface area contributed by atoms with Crippen LogP contribution in [-0.2, 0) is 0 Å².